The molecule has 0 spiro atoms. The highest BCUT2D eigenvalue weighted by atomic mass is 32.2. The molecule has 3 fully saturated rings. The minimum absolute atomic E-state index is 0.00194. The number of benzene rings is 2. The predicted molar refractivity (Wildman–Crippen MR) is 521 cm³/mol. The molecule has 5 rings (SSSR count). The van der Waals surface area contributed by atoms with Crippen molar-refractivity contribution in [3.8, 4) is 0 Å². The van der Waals surface area contributed by atoms with Gasteiger partial charge in [-0.15, -0.1) is 0 Å². The maximum atomic E-state index is 11.6. The number of rotatable bonds is 41. The van der Waals surface area contributed by atoms with Crippen LogP contribution in [-0.2, 0) is 100 Å². The molecule has 4 unspecified atom stereocenters. The van der Waals surface area contributed by atoms with Crippen LogP contribution in [0.5, 0.6) is 0 Å². The molecule has 10 N–H and O–H groups in total. The summed E-state index contributed by atoms with van der Waals surface area (Å²) in [5, 5.41) is -3.35. The molecule has 0 amide bonds. The molecular formula is C84H176N10O20S10. The summed E-state index contributed by atoms with van der Waals surface area (Å²) < 4.78 is 251. The van der Waals surface area contributed by atoms with Gasteiger partial charge in [-0.3, -0.25) is 0 Å². The lowest BCUT2D eigenvalue weighted by Crippen LogP contribution is -2.42. The lowest BCUT2D eigenvalue weighted by Gasteiger charge is -2.38. The number of hydrogen-bond donors (Lipinski definition) is 10. The van der Waals surface area contributed by atoms with Crippen LogP contribution in [0.25, 0.3) is 0 Å². The minimum Gasteiger partial charge on any atom is -0.215 e. The molecule has 0 aliphatic heterocycles. The summed E-state index contributed by atoms with van der Waals surface area (Å²) in [5.41, 5.74) is 2.82. The zero-order chi connectivity index (χ0) is 98.3. The summed E-state index contributed by atoms with van der Waals surface area (Å²) in [6.07, 6.45) is 12.9. The fraction of sp³-hybridized carbons (Fsp3) is 0.857. The zero-order valence-electron chi connectivity index (χ0n) is 82.0. The van der Waals surface area contributed by atoms with Crippen molar-refractivity contribution in [1.82, 2.24) is 47.2 Å². The Kier molecular flexibility index (Phi) is 64.3. The molecule has 30 nitrogen and oxygen atoms in total. The van der Waals surface area contributed by atoms with E-state index in [1.165, 1.54) is 24.8 Å². The Morgan fingerprint density at radius 2 is 0.621 bits per heavy atom. The van der Waals surface area contributed by atoms with Crippen LogP contribution in [0.4, 0.5) is 0 Å². The molecule has 4 atom stereocenters. The van der Waals surface area contributed by atoms with Gasteiger partial charge in [0.05, 0.1) is 52.5 Å². The van der Waals surface area contributed by atoms with Crippen molar-refractivity contribution in [2.24, 2.45) is 28.1 Å². The summed E-state index contributed by atoms with van der Waals surface area (Å²) in [6.45, 7) is 64.5. The summed E-state index contributed by atoms with van der Waals surface area (Å²) in [7, 11) is -30.6. The molecule has 0 bridgehead atoms. The summed E-state index contributed by atoms with van der Waals surface area (Å²) in [5.74, 6) is 1.45. The van der Waals surface area contributed by atoms with E-state index in [2.05, 4.69) is 80.1 Å². The number of nitrogens with one attached hydrogen (secondary N) is 10. The van der Waals surface area contributed by atoms with Gasteiger partial charge in [0, 0.05) is 64.9 Å². The molecule has 2 aromatic carbocycles. The third kappa shape index (κ3) is 62.0. The van der Waals surface area contributed by atoms with Crippen LogP contribution in [0.1, 0.15) is 328 Å². The highest BCUT2D eigenvalue weighted by Gasteiger charge is 2.37. The molecule has 0 aromatic heterocycles. The van der Waals surface area contributed by atoms with Crippen LogP contribution < -0.4 is 47.2 Å². The van der Waals surface area contributed by atoms with Crippen molar-refractivity contribution in [2.75, 3.05) is 58.9 Å². The molecule has 3 saturated carbocycles. The second-order valence-electron chi connectivity index (χ2n) is 37.1. The average molecular weight is 1970 g/mol. The maximum absolute atomic E-state index is 11.6. The predicted octanol–water partition coefficient (Wildman–Crippen LogP) is 13.3. The Morgan fingerprint density at radius 1 is 0.339 bits per heavy atom. The van der Waals surface area contributed by atoms with E-state index in [9.17, 15) is 84.2 Å². The van der Waals surface area contributed by atoms with Gasteiger partial charge in [0.25, 0.3) is 0 Å². The molecule has 3 aliphatic rings. The van der Waals surface area contributed by atoms with E-state index in [0.29, 0.717) is 76.7 Å². The van der Waals surface area contributed by atoms with E-state index in [-0.39, 0.29) is 80.7 Å². The number of hydrogen-bond acceptors (Lipinski definition) is 20. The first kappa shape index (κ1) is 130. The highest BCUT2D eigenvalue weighted by Crippen LogP contribution is 2.40. The van der Waals surface area contributed by atoms with E-state index < -0.39 is 100 Å². The number of sulfonamides is 10. The van der Waals surface area contributed by atoms with Gasteiger partial charge in [0.1, 0.15) is 0 Å². The number of unbranched alkanes of at least 4 members (excludes halogenated alkanes) is 1. The van der Waals surface area contributed by atoms with Crippen LogP contribution >= 0.6 is 0 Å². The van der Waals surface area contributed by atoms with E-state index >= 15 is 0 Å². The Balaban J connectivity index is -0.000000425. The first-order valence-corrected chi connectivity index (χ1v) is 59.5. The van der Waals surface area contributed by atoms with Gasteiger partial charge in [0.15, 0.2) is 0 Å². The van der Waals surface area contributed by atoms with E-state index in [1.807, 2.05) is 111 Å². The smallest absolute Gasteiger partial charge is 0.214 e. The van der Waals surface area contributed by atoms with Crippen LogP contribution in [0.15, 0.2) is 60.7 Å². The Labute approximate surface area is 760 Å². The second kappa shape index (κ2) is 61.4. The minimum atomic E-state index is -3.15. The summed E-state index contributed by atoms with van der Waals surface area (Å²) in [6, 6.07) is 20.2. The molecule has 0 heterocycles. The van der Waals surface area contributed by atoms with Crippen molar-refractivity contribution < 1.29 is 84.2 Å². The van der Waals surface area contributed by atoms with Gasteiger partial charge in [-0.25, -0.2) is 131 Å². The van der Waals surface area contributed by atoms with Gasteiger partial charge < -0.3 is 0 Å². The van der Waals surface area contributed by atoms with Gasteiger partial charge in [-0.1, -0.05) is 176 Å². The van der Waals surface area contributed by atoms with Crippen LogP contribution in [-0.4, -0.2) is 202 Å². The summed E-state index contributed by atoms with van der Waals surface area (Å²) >= 11 is 0. The van der Waals surface area contributed by atoms with Gasteiger partial charge >= 0.3 is 0 Å². The fourth-order valence-corrected chi connectivity index (χ4v) is 17.7. The van der Waals surface area contributed by atoms with Crippen LogP contribution in [0, 0.1) is 28.1 Å². The topological polar surface area (TPSA) is 462 Å². The first-order valence-electron chi connectivity index (χ1n) is 44.0. The van der Waals surface area contributed by atoms with E-state index in [1.54, 1.807) is 145 Å². The molecular weight excluding hydrogens is 1790 g/mol. The Bertz CT molecular complexity index is 4390. The van der Waals surface area contributed by atoms with Crippen LogP contribution in [0.3, 0.4) is 0 Å². The summed E-state index contributed by atoms with van der Waals surface area (Å²) in [4.78, 5) is 0. The molecule has 0 radical (unpaired) electrons. The average Bonchev–Trinajstić information content (AvgIpc) is 1.37. The third-order valence-corrected chi connectivity index (χ3v) is 38.2. The SMILES string of the molecule is CC(C)CNS(=O)(=O)C(C)C.CC(C)S(=O)(=O)NCC(C)(C)C.CC(C)S(=O)(=O)NCC1(C)CCC1.CC(C)S(=O)(=O)NCC1(C)CCCC1.CC(CCNS(=O)(=O)C(C)C)c1ccccc1.CC(CNS(=O)(=O)C(C)C)c1ccccc1.CC1CC1NS(=O)(=O)C(C)C.CCCCNS(=O)(=O)C(C)C.CCCNS(=O)(=O)C(C)C.CCNS(=O)(=O)C(C)C. The van der Waals surface area contributed by atoms with Gasteiger partial charge in [-0.2, -0.15) is 0 Å². The standard InChI is InChI=1S/C13H21NO2S.C12H19NO2S.C10H21NO2S.C9H19NO2S.C8H19NO2S.C7H15NO2S.2C7H17NO2S.C6H15NO2S.C5H13NO2S/c1-11(2)17(15,16)14-10-9-12(3)13-7-5-4-6-8-13;1-10(2)16(14,15)13-9-11(3)12-7-5-4-6-8-12;1-9(2)14(12,13)11-8-10(3)6-4-5-7-10;1-8(2)13(11,12)10-7-9(3)5-4-6-9;1-7(2)12(10,11)9-6-8(3,4)5;1-5(2)11(9,10)8-7-4-6(7)3;1-6(2)5-8-11(9,10)7(3)4;1-4-5-6-8-11(9,10)7(2)3;1-4-5-7-10(8,9)6(2)3;1-4-6-9(7,8)5(2)3/h4-8,11-12,14H,9-10H2,1-3H3;4-8,10-11,13H,9H2,1-3H3;9,11H,4-8H2,1-3H3;8,10H,4-7H2,1-3H3;7,9H,6H2,1-5H3;5-8H,4H2,1-3H3;6-8H,5H2,1-4H3;7-8H,4-6H2,1-3H3;6-7H,4-5H2,1-3H3;5-6H,4H2,1-3H3. The Morgan fingerprint density at radius 3 is 0.895 bits per heavy atom. The lowest BCUT2D eigenvalue weighted by molar-refractivity contribution is 0.166. The molecule has 742 valence electrons. The molecule has 2 aromatic rings. The maximum Gasteiger partial charge on any atom is 0.214 e. The Hall–Kier alpha value is -2.46. The quantitative estimate of drug-likeness (QED) is 0.0276. The second-order valence-corrected chi connectivity index (χ2v) is 60.3. The van der Waals surface area contributed by atoms with Crippen molar-refractivity contribution >= 4 is 100 Å². The zero-order valence-corrected chi connectivity index (χ0v) is 90.2. The highest BCUT2D eigenvalue weighted by molar-refractivity contribution is 7.92. The monoisotopic (exact) mass is 1970 g/mol. The lowest BCUT2D eigenvalue weighted by atomic mass is 9.71. The molecule has 0 saturated heterocycles. The van der Waals surface area contributed by atoms with Crippen molar-refractivity contribution in [3.05, 3.63) is 71.8 Å². The largest absolute Gasteiger partial charge is 0.215 e. The fourth-order valence-electron chi connectivity index (χ4n) is 9.19. The van der Waals surface area contributed by atoms with Gasteiger partial charge in [-0.05, 0) is 241 Å². The van der Waals surface area contributed by atoms with E-state index in [0.717, 1.165) is 63.4 Å². The molecule has 40 heteroatoms. The van der Waals surface area contributed by atoms with Crippen LogP contribution in [0.2, 0.25) is 0 Å². The van der Waals surface area contributed by atoms with Crippen molar-refractivity contribution in [2.45, 2.75) is 376 Å². The molecule has 124 heavy (non-hydrogen) atoms. The van der Waals surface area contributed by atoms with Gasteiger partial charge in [0.2, 0.25) is 100 Å². The van der Waals surface area contributed by atoms with Crippen molar-refractivity contribution in [1.29, 1.82) is 0 Å². The van der Waals surface area contributed by atoms with Crippen molar-refractivity contribution in [3.63, 3.8) is 0 Å². The van der Waals surface area contributed by atoms with E-state index in [4.69, 9.17) is 0 Å². The molecule has 3 aliphatic carbocycles. The normalized spacial score (nSPS) is 16.6. The first-order chi connectivity index (χ1) is 56.0. The third-order valence-electron chi connectivity index (χ3n) is 19.8.